The molecule has 3 N–H and O–H groups in total. The first kappa shape index (κ1) is 13.9. The van der Waals surface area contributed by atoms with Crippen molar-refractivity contribution >= 4 is 11.6 Å². The van der Waals surface area contributed by atoms with Gasteiger partial charge in [0.1, 0.15) is 0 Å². The predicted molar refractivity (Wildman–Crippen MR) is 77.4 cm³/mol. The van der Waals surface area contributed by atoms with Crippen molar-refractivity contribution in [3.05, 3.63) is 53.9 Å². The Hall–Kier alpha value is -2.56. The van der Waals surface area contributed by atoms with Gasteiger partial charge in [-0.25, -0.2) is 0 Å². The molecule has 0 fully saturated rings. The first-order valence-electron chi connectivity index (χ1n) is 6.40. The van der Waals surface area contributed by atoms with Gasteiger partial charge in [0.15, 0.2) is 5.75 Å². The summed E-state index contributed by atoms with van der Waals surface area (Å²) in [6.45, 7) is 2.74. The molecule has 104 valence electrons. The molecule has 1 aromatic carbocycles. The number of para-hydroxylation sites is 1. The zero-order chi connectivity index (χ0) is 14.4. The van der Waals surface area contributed by atoms with Gasteiger partial charge in [0.25, 0.3) is 5.91 Å². The molecule has 5 nitrogen and oxygen atoms in total. The van der Waals surface area contributed by atoms with E-state index in [9.17, 15) is 4.79 Å². The van der Waals surface area contributed by atoms with E-state index in [2.05, 4.69) is 10.3 Å². The van der Waals surface area contributed by atoms with E-state index < -0.39 is 0 Å². The molecule has 2 rings (SSSR count). The summed E-state index contributed by atoms with van der Waals surface area (Å²) in [6, 6.07) is 8.85. The minimum atomic E-state index is -0.211. The standard InChI is InChI=1S/C15H17N3O2/c1-2-20-14-12(4-3-5-13(14)16)15(19)18-10-11-6-8-17-9-7-11/h3-9H,2,10,16H2,1H3,(H,18,19). The normalized spacial score (nSPS) is 10.1. The van der Waals surface area contributed by atoms with E-state index in [0.717, 1.165) is 5.56 Å². The van der Waals surface area contributed by atoms with Crippen LogP contribution in [0.4, 0.5) is 5.69 Å². The van der Waals surface area contributed by atoms with E-state index in [1.54, 1.807) is 30.6 Å². The molecule has 0 radical (unpaired) electrons. The largest absolute Gasteiger partial charge is 0.491 e. The highest BCUT2D eigenvalue weighted by atomic mass is 16.5. The fourth-order valence-corrected chi connectivity index (χ4v) is 1.82. The molecule has 1 amide bonds. The highest BCUT2D eigenvalue weighted by Gasteiger charge is 2.14. The Morgan fingerprint density at radius 1 is 1.30 bits per heavy atom. The Morgan fingerprint density at radius 3 is 2.75 bits per heavy atom. The van der Waals surface area contributed by atoms with E-state index in [4.69, 9.17) is 10.5 Å². The number of ether oxygens (including phenoxy) is 1. The maximum Gasteiger partial charge on any atom is 0.255 e. The number of anilines is 1. The number of hydrogen-bond donors (Lipinski definition) is 2. The Morgan fingerprint density at radius 2 is 2.05 bits per heavy atom. The Kier molecular flexibility index (Phi) is 4.55. The van der Waals surface area contributed by atoms with Crippen molar-refractivity contribution in [3.8, 4) is 5.75 Å². The number of nitrogens with zero attached hydrogens (tertiary/aromatic N) is 1. The van der Waals surface area contributed by atoms with Crippen LogP contribution in [0.25, 0.3) is 0 Å². The lowest BCUT2D eigenvalue weighted by Gasteiger charge is -2.12. The smallest absolute Gasteiger partial charge is 0.255 e. The molecule has 0 aliphatic heterocycles. The number of rotatable bonds is 5. The maximum absolute atomic E-state index is 12.2. The maximum atomic E-state index is 12.2. The zero-order valence-electron chi connectivity index (χ0n) is 11.3. The second kappa shape index (κ2) is 6.56. The van der Waals surface area contributed by atoms with Gasteiger partial charge in [0.05, 0.1) is 17.9 Å². The van der Waals surface area contributed by atoms with Gasteiger partial charge in [0, 0.05) is 18.9 Å². The molecule has 0 unspecified atom stereocenters. The number of amides is 1. The minimum absolute atomic E-state index is 0.211. The summed E-state index contributed by atoms with van der Waals surface area (Å²) in [7, 11) is 0. The molecule has 0 aliphatic carbocycles. The topological polar surface area (TPSA) is 77.2 Å². The van der Waals surface area contributed by atoms with E-state index >= 15 is 0 Å². The SMILES string of the molecule is CCOc1c(N)cccc1C(=O)NCc1ccncc1. The molecule has 0 aliphatic rings. The average Bonchev–Trinajstić information content (AvgIpc) is 2.48. The van der Waals surface area contributed by atoms with Gasteiger partial charge in [-0.2, -0.15) is 0 Å². The summed E-state index contributed by atoms with van der Waals surface area (Å²) in [5, 5.41) is 2.84. The quantitative estimate of drug-likeness (QED) is 0.815. The Balaban J connectivity index is 2.11. The number of nitrogens with one attached hydrogen (secondary N) is 1. The third-order valence-electron chi connectivity index (χ3n) is 2.78. The molecular weight excluding hydrogens is 254 g/mol. The van der Waals surface area contributed by atoms with Crippen molar-refractivity contribution in [2.24, 2.45) is 0 Å². The number of nitrogen functional groups attached to an aromatic ring is 1. The molecule has 1 aromatic heterocycles. The van der Waals surface area contributed by atoms with Gasteiger partial charge in [0.2, 0.25) is 0 Å². The van der Waals surface area contributed by atoms with Crippen molar-refractivity contribution in [3.63, 3.8) is 0 Å². The Bertz CT molecular complexity index is 585. The van der Waals surface area contributed by atoms with Gasteiger partial charge in [-0.1, -0.05) is 6.07 Å². The van der Waals surface area contributed by atoms with Crippen molar-refractivity contribution in [1.29, 1.82) is 0 Å². The number of hydrogen-bond acceptors (Lipinski definition) is 4. The minimum Gasteiger partial charge on any atom is -0.491 e. The molecule has 20 heavy (non-hydrogen) atoms. The van der Waals surface area contributed by atoms with Crippen molar-refractivity contribution < 1.29 is 9.53 Å². The van der Waals surface area contributed by atoms with Crippen molar-refractivity contribution in [1.82, 2.24) is 10.3 Å². The molecule has 0 atom stereocenters. The predicted octanol–water partition coefficient (Wildman–Crippen LogP) is 1.99. The van der Waals surface area contributed by atoms with Crippen LogP contribution in [0.3, 0.4) is 0 Å². The zero-order valence-corrected chi connectivity index (χ0v) is 11.3. The van der Waals surface area contributed by atoms with Gasteiger partial charge >= 0.3 is 0 Å². The molecule has 0 saturated carbocycles. The highest BCUT2D eigenvalue weighted by molar-refractivity contribution is 5.98. The molecule has 0 spiro atoms. The third kappa shape index (κ3) is 3.26. The second-order valence-corrected chi connectivity index (χ2v) is 4.20. The molecule has 0 bridgehead atoms. The molecule has 2 aromatic rings. The fraction of sp³-hybridized carbons (Fsp3) is 0.200. The fourth-order valence-electron chi connectivity index (χ4n) is 1.82. The van der Waals surface area contributed by atoms with E-state index in [1.165, 1.54) is 0 Å². The van der Waals surface area contributed by atoms with Crippen molar-refractivity contribution in [2.45, 2.75) is 13.5 Å². The van der Waals surface area contributed by atoms with E-state index in [0.29, 0.717) is 30.2 Å². The van der Waals surface area contributed by atoms with Gasteiger partial charge in [-0.3, -0.25) is 9.78 Å². The van der Waals surface area contributed by atoms with Crippen molar-refractivity contribution in [2.75, 3.05) is 12.3 Å². The Labute approximate surface area is 117 Å². The monoisotopic (exact) mass is 271 g/mol. The van der Waals surface area contributed by atoms with Crippen LogP contribution >= 0.6 is 0 Å². The van der Waals surface area contributed by atoms with E-state index in [-0.39, 0.29) is 5.91 Å². The second-order valence-electron chi connectivity index (χ2n) is 4.20. The van der Waals surface area contributed by atoms with Crippen LogP contribution in [-0.2, 0) is 6.54 Å². The lowest BCUT2D eigenvalue weighted by molar-refractivity contribution is 0.0947. The summed E-state index contributed by atoms with van der Waals surface area (Å²) in [5.41, 5.74) is 7.73. The van der Waals surface area contributed by atoms with Gasteiger partial charge in [-0.15, -0.1) is 0 Å². The summed E-state index contributed by atoms with van der Waals surface area (Å²) in [6.07, 6.45) is 3.38. The number of pyridine rings is 1. The summed E-state index contributed by atoms with van der Waals surface area (Å²) >= 11 is 0. The first-order valence-corrected chi connectivity index (χ1v) is 6.40. The molecule has 5 heteroatoms. The number of carbonyl (C=O) groups is 1. The van der Waals surface area contributed by atoms with Crippen LogP contribution in [0.1, 0.15) is 22.8 Å². The van der Waals surface area contributed by atoms with Crippen LogP contribution in [0.5, 0.6) is 5.75 Å². The number of carbonyl (C=O) groups excluding carboxylic acids is 1. The molecular formula is C15H17N3O2. The van der Waals surface area contributed by atoms with Crippen LogP contribution in [0, 0.1) is 0 Å². The number of aromatic nitrogens is 1. The van der Waals surface area contributed by atoms with E-state index in [1.807, 2.05) is 19.1 Å². The number of nitrogens with two attached hydrogens (primary N) is 1. The summed E-state index contributed by atoms with van der Waals surface area (Å²) < 4.78 is 5.45. The highest BCUT2D eigenvalue weighted by Crippen LogP contribution is 2.26. The van der Waals surface area contributed by atoms with Crippen LogP contribution in [0.2, 0.25) is 0 Å². The average molecular weight is 271 g/mol. The van der Waals surface area contributed by atoms with Crippen LogP contribution in [-0.4, -0.2) is 17.5 Å². The number of benzene rings is 1. The molecule has 0 saturated heterocycles. The summed E-state index contributed by atoms with van der Waals surface area (Å²) in [5.74, 6) is 0.222. The lowest BCUT2D eigenvalue weighted by Crippen LogP contribution is -2.23. The van der Waals surface area contributed by atoms with Gasteiger partial charge in [-0.05, 0) is 36.8 Å². The third-order valence-corrected chi connectivity index (χ3v) is 2.78. The lowest BCUT2D eigenvalue weighted by atomic mass is 10.1. The summed E-state index contributed by atoms with van der Waals surface area (Å²) in [4.78, 5) is 16.1. The first-order chi connectivity index (χ1) is 9.72. The molecule has 1 heterocycles. The van der Waals surface area contributed by atoms with Gasteiger partial charge < -0.3 is 15.8 Å². The van der Waals surface area contributed by atoms with Crippen LogP contribution in [0.15, 0.2) is 42.7 Å². The van der Waals surface area contributed by atoms with Crippen LogP contribution < -0.4 is 15.8 Å².